The first kappa shape index (κ1) is 20.3. The molecule has 0 aliphatic heterocycles. The van der Waals surface area contributed by atoms with Gasteiger partial charge in [0.25, 0.3) is 0 Å². The predicted octanol–water partition coefficient (Wildman–Crippen LogP) is 5.55. The van der Waals surface area contributed by atoms with Crippen LogP contribution >= 0.6 is 0 Å². The number of hydrogen-bond donors (Lipinski definition) is 3. The molecule has 10 heteroatoms. The predicted molar refractivity (Wildman–Crippen MR) is 102 cm³/mol. The van der Waals surface area contributed by atoms with E-state index in [9.17, 15) is 18.0 Å². The van der Waals surface area contributed by atoms with E-state index in [1.165, 1.54) is 24.3 Å². The Bertz CT molecular complexity index is 1010. The van der Waals surface area contributed by atoms with Gasteiger partial charge >= 0.3 is 12.5 Å². The van der Waals surface area contributed by atoms with Gasteiger partial charge in [0.05, 0.1) is 11.0 Å². The second-order valence-electron chi connectivity index (χ2n) is 7.14. The zero-order valence-corrected chi connectivity index (χ0v) is 15.8. The van der Waals surface area contributed by atoms with Crippen molar-refractivity contribution in [3.8, 4) is 5.75 Å². The van der Waals surface area contributed by atoms with E-state index in [0.29, 0.717) is 28.4 Å². The maximum absolute atomic E-state index is 12.2. The fourth-order valence-electron chi connectivity index (χ4n) is 2.44. The first-order valence-electron chi connectivity index (χ1n) is 8.59. The molecule has 3 aromatic rings. The van der Waals surface area contributed by atoms with E-state index in [1.807, 2.05) is 0 Å². The molecular weight excluding hydrogens is 389 g/mol. The lowest BCUT2D eigenvalue weighted by atomic mass is 10.2. The standard InChI is InChI=1S/C19H19F3N4O3/c1-18(2,3)29-17(27)24-12-6-9-14-15(10-12)26-16(25-14)23-11-4-7-13(8-5-11)28-19(20,21)22/h4-10H,1-3H3,(H,24,27)(H2,23,25,26). The van der Waals surface area contributed by atoms with Crippen LogP contribution < -0.4 is 15.4 Å². The molecule has 0 aliphatic carbocycles. The van der Waals surface area contributed by atoms with Gasteiger partial charge in [0, 0.05) is 11.4 Å². The van der Waals surface area contributed by atoms with E-state index in [1.54, 1.807) is 39.0 Å². The highest BCUT2D eigenvalue weighted by molar-refractivity contribution is 5.89. The Morgan fingerprint density at radius 2 is 1.69 bits per heavy atom. The number of aromatic amines is 1. The maximum atomic E-state index is 12.2. The molecule has 0 unspecified atom stereocenters. The summed E-state index contributed by atoms with van der Waals surface area (Å²) in [7, 11) is 0. The van der Waals surface area contributed by atoms with Gasteiger partial charge in [-0.3, -0.25) is 5.32 Å². The lowest BCUT2D eigenvalue weighted by Crippen LogP contribution is -2.27. The van der Waals surface area contributed by atoms with Crippen LogP contribution in [0, 0.1) is 0 Å². The molecule has 29 heavy (non-hydrogen) atoms. The zero-order valence-electron chi connectivity index (χ0n) is 15.8. The average molecular weight is 408 g/mol. The zero-order chi connectivity index (χ0) is 21.2. The molecule has 2 aromatic carbocycles. The number of benzene rings is 2. The Morgan fingerprint density at radius 3 is 2.31 bits per heavy atom. The highest BCUT2D eigenvalue weighted by atomic mass is 19.4. The van der Waals surface area contributed by atoms with Crippen molar-refractivity contribution >= 4 is 34.4 Å². The number of carbonyl (C=O) groups is 1. The summed E-state index contributed by atoms with van der Waals surface area (Å²) in [5.74, 6) is 0.0735. The van der Waals surface area contributed by atoms with Gasteiger partial charge in [-0.25, -0.2) is 9.78 Å². The molecule has 0 saturated carbocycles. The summed E-state index contributed by atoms with van der Waals surface area (Å²) in [6.07, 6.45) is -5.31. The molecule has 1 aromatic heterocycles. The molecule has 0 saturated heterocycles. The van der Waals surface area contributed by atoms with Crippen LogP contribution in [0.25, 0.3) is 11.0 Å². The SMILES string of the molecule is CC(C)(C)OC(=O)Nc1ccc2nc(Nc3ccc(OC(F)(F)F)cc3)[nH]c2c1. The van der Waals surface area contributed by atoms with Gasteiger partial charge in [-0.15, -0.1) is 13.2 Å². The minimum absolute atomic E-state index is 0.314. The number of halogens is 3. The first-order valence-corrected chi connectivity index (χ1v) is 8.59. The molecule has 0 aliphatic rings. The summed E-state index contributed by atoms with van der Waals surface area (Å²) in [5.41, 5.74) is 1.72. The number of H-pyrrole nitrogens is 1. The fraction of sp³-hybridized carbons (Fsp3) is 0.263. The summed E-state index contributed by atoms with van der Waals surface area (Å²) in [4.78, 5) is 19.3. The average Bonchev–Trinajstić information content (AvgIpc) is 2.95. The number of carbonyl (C=O) groups excluding carboxylic acids is 1. The quantitative estimate of drug-likeness (QED) is 0.527. The molecule has 1 heterocycles. The Balaban J connectivity index is 1.69. The van der Waals surface area contributed by atoms with Crippen LogP contribution in [-0.2, 0) is 4.74 Å². The van der Waals surface area contributed by atoms with Crippen molar-refractivity contribution in [1.29, 1.82) is 0 Å². The van der Waals surface area contributed by atoms with E-state index in [4.69, 9.17) is 4.74 Å². The third kappa shape index (κ3) is 6.03. The minimum atomic E-state index is -4.74. The summed E-state index contributed by atoms with van der Waals surface area (Å²) >= 11 is 0. The van der Waals surface area contributed by atoms with Crippen molar-refractivity contribution in [2.75, 3.05) is 10.6 Å². The van der Waals surface area contributed by atoms with E-state index >= 15 is 0 Å². The number of rotatable bonds is 4. The van der Waals surface area contributed by atoms with Crippen molar-refractivity contribution in [1.82, 2.24) is 9.97 Å². The Kier molecular flexibility index (Phi) is 5.27. The van der Waals surface area contributed by atoms with E-state index < -0.39 is 18.1 Å². The van der Waals surface area contributed by atoms with Gasteiger partial charge in [0.2, 0.25) is 5.95 Å². The van der Waals surface area contributed by atoms with Crippen molar-refractivity contribution in [3.05, 3.63) is 42.5 Å². The van der Waals surface area contributed by atoms with Gasteiger partial charge in [-0.05, 0) is 63.2 Å². The molecule has 0 radical (unpaired) electrons. The minimum Gasteiger partial charge on any atom is -0.444 e. The number of ether oxygens (including phenoxy) is 2. The molecule has 154 valence electrons. The second kappa shape index (κ2) is 7.53. The summed E-state index contributed by atoms with van der Waals surface area (Å²) in [6, 6.07) is 10.3. The smallest absolute Gasteiger partial charge is 0.444 e. The largest absolute Gasteiger partial charge is 0.573 e. The molecule has 7 nitrogen and oxygen atoms in total. The van der Waals surface area contributed by atoms with Crippen LogP contribution in [0.15, 0.2) is 42.5 Å². The summed E-state index contributed by atoms with van der Waals surface area (Å²) in [5, 5.41) is 5.60. The van der Waals surface area contributed by atoms with Crippen LogP contribution in [0.1, 0.15) is 20.8 Å². The third-order valence-corrected chi connectivity index (χ3v) is 3.48. The van der Waals surface area contributed by atoms with Gasteiger partial charge < -0.3 is 19.8 Å². The molecule has 0 atom stereocenters. The molecule has 0 spiro atoms. The summed E-state index contributed by atoms with van der Waals surface area (Å²) in [6.45, 7) is 5.30. The number of hydrogen-bond acceptors (Lipinski definition) is 5. The number of nitrogens with zero attached hydrogens (tertiary/aromatic N) is 1. The van der Waals surface area contributed by atoms with Crippen LogP contribution in [0.2, 0.25) is 0 Å². The maximum Gasteiger partial charge on any atom is 0.573 e. The number of imidazole rings is 1. The first-order chi connectivity index (χ1) is 13.5. The van der Waals surface area contributed by atoms with Crippen LogP contribution in [0.5, 0.6) is 5.75 Å². The molecular formula is C19H19F3N4O3. The highest BCUT2D eigenvalue weighted by Gasteiger charge is 2.30. The van der Waals surface area contributed by atoms with Crippen molar-refractivity contribution in [2.45, 2.75) is 32.7 Å². The van der Waals surface area contributed by atoms with Crippen molar-refractivity contribution < 1.29 is 27.4 Å². The fourth-order valence-corrected chi connectivity index (χ4v) is 2.44. The molecule has 0 fully saturated rings. The van der Waals surface area contributed by atoms with E-state index in [0.717, 1.165) is 0 Å². The molecule has 1 amide bonds. The highest BCUT2D eigenvalue weighted by Crippen LogP contribution is 2.26. The van der Waals surface area contributed by atoms with Crippen LogP contribution in [-0.4, -0.2) is 28.0 Å². The lowest BCUT2D eigenvalue weighted by Gasteiger charge is -2.19. The number of anilines is 3. The number of fused-ring (bicyclic) bond motifs is 1. The number of aromatic nitrogens is 2. The van der Waals surface area contributed by atoms with Gasteiger partial charge in [0.15, 0.2) is 0 Å². The topological polar surface area (TPSA) is 88.3 Å². The number of alkyl halides is 3. The van der Waals surface area contributed by atoms with Crippen molar-refractivity contribution in [3.63, 3.8) is 0 Å². The molecule has 3 rings (SSSR count). The van der Waals surface area contributed by atoms with Crippen LogP contribution in [0.4, 0.5) is 35.3 Å². The summed E-state index contributed by atoms with van der Waals surface area (Å²) < 4.78 is 45.7. The van der Waals surface area contributed by atoms with E-state index in [2.05, 4.69) is 25.3 Å². The second-order valence-corrected chi connectivity index (χ2v) is 7.14. The lowest BCUT2D eigenvalue weighted by molar-refractivity contribution is -0.274. The molecule has 0 bridgehead atoms. The van der Waals surface area contributed by atoms with E-state index in [-0.39, 0.29) is 5.75 Å². The normalized spacial score (nSPS) is 11.9. The Hall–Kier alpha value is -3.43. The Labute approximate surface area is 164 Å². The number of amides is 1. The van der Waals surface area contributed by atoms with Crippen molar-refractivity contribution in [2.24, 2.45) is 0 Å². The monoisotopic (exact) mass is 408 g/mol. The molecule has 3 N–H and O–H groups in total. The Morgan fingerprint density at radius 1 is 1.03 bits per heavy atom. The number of nitrogens with one attached hydrogen (secondary N) is 3. The van der Waals surface area contributed by atoms with Crippen LogP contribution in [0.3, 0.4) is 0 Å². The van der Waals surface area contributed by atoms with Gasteiger partial charge in [-0.1, -0.05) is 0 Å². The van der Waals surface area contributed by atoms with Gasteiger partial charge in [-0.2, -0.15) is 0 Å². The van der Waals surface area contributed by atoms with Gasteiger partial charge in [0.1, 0.15) is 11.4 Å². The third-order valence-electron chi connectivity index (χ3n) is 3.48.